The zero-order valence-corrected chi connectivity index (χ0v) is 12.8. The molecule has 3 aromatic rings. The Bertz CT molecular complexity index is 937. The number of hydrogen-bond acceptors (Lipinski definition) is 4. The second-order valence-corrected chi connectivity index (χ2v) is 6.67. The summed E-state index contributed by atoms with van der Waals surface area (Å²) in [7, 11) is 0. The van der Waals surface area contributed by atoms with E-state index in [4.69, 9.17) is 0 Å². The van der Waals surface area contributed by atoms with Gasteiger partial charge in [-0.1, -0.05) is 0 Å². The second kappa shape index (κ2) is 4.81. The number of nitrogens with zero attached hydrogens (tertiary/aromatic N) is 3. The van der Waals surface area contributed by atoms with Crippen molar-refractivity contribution in [2.75, 3.05) is 6.54 Å². The first kappa shape index (κ1) is 13.3. The fourth-order valence-electron chi connectivity index (χ4n) is 2.80. The van der Waals surface area contributed by atoms with Crippen LogP contribution in [0.15, 0.2) is 29.2 Å². The topological polar surface area (TPSA) is 70.5 Å². The van der Waals surface area contributed by atoms with E-state index < -0.39 is 0 Å². The molecule has 1 aliphatic heterocycles. The highest BCUT2D eigenvalue weighted by molar-refractivity contribution is 7.13. The van der Waals surface area contributed by atoms with Gasteiger partial charge in [0.25, 0.3) is 11.5 Å². The van der Waals surface area contributed by atoms with E-state index >= 15 is 0 Å². The van der Waals surface area contributed by atoms with Crippen molar-refractivity contribution >= 4 is 22.9 Å². The van der Waals surface area contributed by atoms with Gasteiger partial charge in [-0.05, 0) is 19.1 Å². The van der Waals surface area contributed by atoms with Crippen molar-refractivity contribution in [2.45, 2.75) is 19.9 Å². The van der Waals surface area contributed by atoms with Crippen LogP contribution in [0.4, 0.5) is 0 Å². The fraction of sp³-hybridized carbons (Fsp3) is 0.267. The molecule has 4 rings (SSSR count). The maximum Gasteiger partial charge on any atom is 0.277 e. The number of H-pyrrole nitrogens is 1. The minimum atomic E-state index is -0.120. The van der Waals surface area contributed by atoms with Gasteiger partial charge in [-0.15, -0.1) is 11.3 Å². The molecule has 3 aromatic heterocycles. The van der Waals surface area contributed by atoms with Gasteiger partial charge in [-0.2, -0.15) is 0 Å². The average molecular weight is 314 g/mol. The molecule has 0 radical (unpaired) electrons. The van der Waals surface area contributed by atoms with E-state index in [9.17, 15) is 9.59 Å². The zero-order chi connectivity index (χ0) is 15.3. The lowest BCUT2D eigenvalue weighted by Crippen LogP contribution is -2.40. The third-order valence-corrected chi connectivity index (χ3v) is 4.92. The molecule has 0 unspecified atom stereocenters. The molecule has 0 saturated heterocycles. The van der Waals surface area contributed by atoms with Gasteiger partial charge in [0.1, 0.15) is 0 Å². The Morgan fingerprint density at radius 3 is 3.00 bits per heavy atom. The van der Waals surface area contributed by atoms with E-state index in [2.05, 4.69) is 10.1 Å². The Labute approximate surface area is 130 Å². The Balaban J connectivity index is 1.71. The number of aryl methyl sites for hydroxylation is 1. The number of carbonyl (C=O) groups is 1. The monoisotopic (exact) mass is 314 g/mol. The van der Waals surface area contributed by atoms with Gasteiger partial charge in [-0.3, -0.25) is 14.7 Å². The number of hydrogen-bond donors (Lipinski definition) is 1. The molecule has 7 heteroatoms. The molecular weight excluding hydrogens is 300 g/mol. The maximum atomic E-state index is 12.5. The molecule has 0 aromatic carbocycles. The molecule has 0 atom stereocenters. The van der Waals surface area contributed by atoms with Gasteiger partial charge in [-0.25, -0.2) is 9.50 Å². The van der Waals surface area contributed by atoms with Crippen LogP contribution in [-0.4, -0.2) is 31.9 Å². The summed E-state index contributed by atoms with van der Waals surface area (Å²) in [5, 5.41) is 2.86. The molecule has 22 heavy (non-hydrogen) atoms. The van der Waals surface area contributed by atoms with Crippen molar-refractivity contribution in [3.8, 4) is 0 Å². The molecule has 1 aliphatic rings. The number of nitrogens with one attached hydrogen (secondary N) is 1. The van der Waals surface area contributed by atoms with Gasteiger partial charge in [0.05, 0.1) is 22.7 Å². The standard InChI is InChI=1S/C15H14N4O2S/c1-9-2-3-12(22-9)15(21)18-7-5-11-10(8-18)14(20)19-13(17-11)4-6-16-19/h2-4,6,16H,5,7-8H2,1H3. The predicted octanol–water partition coefficient (Wildman–Crippen LogP) is 1.59. The van der Waals surface area contributed by atoms with Crippen molar-refractivity contribution in [2.24, 2.45) is 0 Å². The molecule has 0 spiro atoms. The summed E-state index contributed by atoms with van der Waals surface area (Å²) in [6.07, 6.45) is 2.30. The zero-order valence-electron chi connectivity index (χ0n) is 12.0. The van der Waals surface area contributed by atoms with Crippen LogP contribution in [0.25, 0.3) is 5.65 Å². The van der Waals surface area contributed by atoms with Crippen molar-refractivity contribution < 1.29 is 4.79 Å². The molecular formula is C15H14N4O2S. The molecule has 112 valence electrons. The number of fused-ring (bicyclic) bond motifs is 2. The fourth-order valence-corrected chi connectivity index (χ4v) is 3.63. The van der Waals surface area contributed by atoms with Crippen LogP contribution in [0, 0.1) is 6.92 Å². The number of thiophene rings is 1. The molecule has 6 nitrogen and oxygen atoms in total. The molecule has 1 amide bonds. The van der Waals surface area contributed by atoms with E-state index in [1.54, 1.807) is 17.2 Å². The summed E-state index contributed by atoms with van der Waals surface area (Å²) in [6.45, 7) is 2.89. The summed E-state index contributed by atoms with van der Waals surface area (Å²) in [6, 6.07) is 5.56. The predicted molar refractivity (Wildman–Crippen MR) is 83.3 cm³/mol. The lowest BCUT2D eigenvalue weighted by molar-refractivity contribution is 0.0737. The minimum absolute atomic E-state index is 0.0141. The summed E-state index contributed by atoms with van der Waals surface area (Å²) in [5.74, 6) is -0.0141. The number of rotatable bonds is 1. The average Bonchev–Trinajstić information content (AvgIpc) is 3.15. The van der Waals surface area contributed by atoms with Gasteiger partial charge < -0.3 is 4.90 Å². The van der Waals surface area contributed by atoms with E-state index in [1.165, 1.54) is 15.9 Å². The van der Waals surface area contributed by atoms with Gasteiger partial charge in [0.2, 0.25) is 0 Å². The lowest BCUT2D eigenvalue weighted by Gasteiger charge is -2.27. The van der Waals surface area contributed by atoms with E-state index in [1.807, 2.05) is 19.1 Å². The third-order valence-electron chi connectivity index (χ3n) is 3.93. The van der Waals surface area contributed by atoms with Crippen LogP contribution >= 0.6 is 11.3 Å². The summed E-state index contributed by atoms with van der Waals surface area (Å²) in [5.41, 5.74) is 1.91. The first-order valence-corrected chi connectivity index (χ1v) is 7.89. The number of aromatic nitrogens is 3. The van der Waals surface area contributed by atoms with Crippen LogP contribution in [-0.2, 0) is 13.0 Å². The van der Waals surface area contributed by atoms with Crippen molar-refractivity contribution in [1.82, 2.24) is 19.5 Å². The molecule has 1 N–H and O–H groups in total. The first-order valence-electron chi connectivity index (χ1n) is 7.07. The highest BCUT2D eigenvalue weighted by atomic mass is 32.1. The number of aromatic amines is 1. The normalized spacial score (nSPS) is 14.3. The Morgan fingerprint density at radius 1 is 1.36 bits per heavy atom. The summed E-state index contributed by atoms with van der Waals surface area (Å²) >= 11 is 1.48. The third kappa shape index (κ3) is 1.97. The first-order chi connectivity index (χ1) is 10.6. The smallest absolute Gasteiger partial charge is 0.277 e. The number of amides is 1. The molecule has 0 bridgehead atoms. The van der Waals surface area contributed by atoms with Crippen molar-refractivity contribution in [3.05, 3.63) is 55.8 Å². The van der Waals surface area contributed by atoms with E-state index in [0.29, 0.717) is 30.7 Å². The van der Waals surface area contributed by atoms with Crippen molar-refractivity contribution in [3.63, 3.8) is 0 Å². The number of carbonyl (C=O) groups excluding carboxylic acids is 1. The van der Waals surface area contributed by atoms with Crippen LogP contribution in [0.1, 0.15) is 25.8 Å². The van der Waals surface area contributed by atoms with Gasteiger partial charge in [0.15, 0.2) is 5.65 Å². The highest BCUT2D eigenvalue weighted by Gasteiger charge is 2.26. The lowest BCUT2D eigenvalue weighted by atomic mass is 10.1. The Morgan fingerprint density at radius 2 is 2.23 bits per heavy atom. The molecule has 0 fully saturated rings. The SMILES string of the molecule is Cc1ccc(C(=O)N2CCc3nc4cc[nH]n4c(=O)c3C2)s1. The molecule has 4 heterocycles. The molecule has 0 saturated carbocycles. The largest absolute Gasteiger partial charge is 0.333 e. The summed E-state index contributed by atoms with van der Waals surface area (Å²) < 4.78 is 1.42. The van der Waals surface area contributed by atoms with Gasteiger partial charge in [0, 0.05) is 30.1 Å². The van der Waals surface area contributed by atoms with E-state index in [-0.39, 0.29) is 11.5 Å². The Kier molecular flexibility index (Phi) is 2.90. The highest BCUT2D eigenvalue weighted by Crippen LogP contribution is 2.21. The molecule has 0 aliphatic carbocycles. The Hall–Kier alpha value is -2.41. The van der Waals surface area contributed by atoms with Crippen LogP contribution in [0.2, 0.25) is 0 Å². The van der Waals surface area contributed by atoms with Crippen LogP contribution < -0.4 is 5.56 Å². The van der Waals surface area contributed by atoms with Gasteiger partial charge >= 0.3 is 0 Å². The minimum Gasteiger partial charge on any atom is -0.333 e. The quantitative estimate of drug-likeness (QED) is 0.741. The maximum absolute atomic E-state index is 12.5. The van der Waals surface area contributed by atoms with Crippen molar-refractivity contribution in [1.29, 1.82) is 0 Å². The van der Waals surface area contributed by atoms with Crippen LogP contribution in [0.5, 0.6) is 0 Å². The summed E-state index contributed by atoms with van der Waals surface area (Å²) in [4.78, 5) is 33.1. The second-order valence-electron chi connectivity index (χ2n) is 5.39. The van der Waals surface area contributed by atoms with E-state index in [0.717, 1.165) is 15.4 Å². The van der Waals surface area contributed by atoms with Crippen LogP contribution in [0.3, 0.4) is 0 Å².